The number of rotatable bonds is 4. The highest BCUT2D eigenvalue weighted by atomic mass is 16.5. The average molecular weight is 305 g/mol. The van der Waals surface area contributed by atoms with Crippen molar-refractivity contribution in [2.75, 3.05) is 6.61 Å². The summed E-state index contributed by atoms with van der Waals surface area (Å²) in [4.78, 5) is 23.7. The minimum Gasteiger partial charge on any atom is -0.507 e. The van der Waals surface area contributed by atoms with Crippen molar-refractivity contribution in [3.05, 3.63) is 29.3 Å². The average Bonchev–Trinajstić information content (AvgIpc) is 2.49. The third-order valence-corrected chi connectivity index (χ3v) is 4.09. The fourth-order valence-corrected chi connectivity index (χ4v) is 2.70. The lowest BCUT2D eigenvalue weighted by Gasteiger charge is -2.26. The van der Waals surface area contributed by atoms with Crippen molar-refractivity contribution >= 4 is 11.9 Å². The largest absolute Gasteiger partial charge is 0.507 e. The summed E-state index contributed by atoms with van der Waals surface area (Å²) in [5.74, 6) is -0.402. The summed E-state index contributed by atoms with van der Waals surface area (Å²) in [5.41, 5.74) is 0.921. The minimum absolute atomic E-state index is 0.0827. The van der Waals surface area contributed by atoms with E-state index in [2.05, 4.69) is 12.2 Å². The maximum atomic E-state index is 11.9. The van der Waals surface area contributed by atoms with Crippen LogP contribution >= 0.6 is 0 Å². The van der Waals surface area contributed by atoms with E-state index in [1.54, 1.807) is 6.07 Å². The normalized spacial score (nSPS) is 21.2. The molecule has 0 aromatic heterocycles. The van der Waals surface area contributed by atoms with Gasteiger partial charge >= 0.3 is 5.97 Å². The number of phenolic OH excluding ortho intramolecular Hbond substituents is 1. The highest BCUT2D eigenvalue weighted by Gasteiger charge is 2.20. The van der Waals surface area contributed by atoms with Crippen molar-refractivity contribution in [3.63, 3.8) is 0 Å². The van der Waals surface area contributed by atoms with E-state index >= 15 is 0 Å². The first-order valence-corrected chi connectivity index (χ1v) is 7.72. The summed E-state index contributed by atoms with van der Waals surface area (Å²) in [6, 6.07) is 4.85. The number of aryl methyl sites for hydroxylation is 1. The van der Waals surface area contributed by atoms with E-state index in [0.717, 1.165) is 37.2 Å². The Morgan fingerprint density at radius 3 is 2.64 bits per heavy atom. The molecule has 1 aromatic carbocycles. The van der Waals surface area contributed by atoms with Gasteiger partial charge in [-0.15, -0.1) is 0 Å². The van der Waals surface area contributed by atoms with Crippen LogP contribution in [0.25, 0.3) is 0 Å². The van der Waals surface area contributed by atoms with Crippen LogP contribution in [0.5, 0.6) is 5.75 Å². The molecule has 0 heterocycles. The van der Waals surface area contributed by atoms with Gasteiger partial charge in [-0.2, -0.15) is 0 Å². The SMILES string of the molecule is Cc1ccc(O)c(C(=O)OCC(=O)NC2CCC(C)CC2)c1. The van der Waals surface area contributed by atoms with E-state index in [9.17, 15) is 14.7 Å². The number of carbonyl (C=O) groups is 2. The number of aromatic hydroxyl groups is 1. The highest BCUT2D eigenvalue weighted by Crippen LogP contribution is 2.23. The van der Waals surface area contributed by atoms with Gasteiger partial charge in [0, 0.05) is 6.04 Å². The van der Waals surface area contributed by atoms with Crippen molar-refractivity contribution < 1.29 is 19.4 Å². The monoisotopic (exact) mass is 305 g/mol. The van der Waals surface area contributed by atoms with E-state index in [-0.39, 0.29) is 29.9 Å². The summed E-state index contributed by atoms with van der Waals surface area (Å²) < 4.78 is 4.98. The molecule has 0 saturated heterocycles. The molecule has 0 atom stereocenters. The summed E-state index contributed by atoms with van der Waals surface area (Å²) in [6.07, 6.45) is 4.17. The second-order valence-electron chi connectivity index (χ2n) is 6.12. The van der Waals surface area contributed by atoms with Crippen molar-refractivity contribution in [2.24, 2.45) is 5.92 Å². The number of benzene rings is 1. The number of hydrogen-bond acceptors (Lipinski definition) is 4. The van der Waals surface area contributed by atoms with Crippen molar-refractivity contribution in [1.29, 1.82) is 0 Å². The third kappa shape index (κ3) is 4.48. The maximum Gasteiger partial charge on any atom is 0.342 e. The van der Waals surface area contributed by atoms with Crippen LogP contribution in [-0.4, -0.2) is 29.6 Å². The minimum atomic E-state index is -0.686. The van der Waals surface area contributed by atoms with Gasteiger partial charge in [-0.3, -0.25) is 4.79 Å². The second kappa shape index (κ2) is 7.29. The zero-order chi connectivity index (χ0) is 16.1. The molecule has 1 aliphatic carbocycles. The molecule has 5 heteroatoms. The number of hydrogen-bond donors (Lipinski definition) is 2. The molecule has 1 aliphatic rings. The number of carbonyl (C=O) groups excluding carboxylic acids is 2. The predicted octanol–water partition coefficient (Wildman–Crippen LogP) is 2.55. The van der Waals surface area contributed by atoms with E-state index in [0.29, 0.717) is 0 Å². The Balaban J connectivity index is 1.80. The smallest absolute Gasteiger partial charge is 0.342 e. The number of esters is 1. The van der Waals surface area contributed by atoms with Crippen LogP contribution in [0.15, 0.2) is 18.2 Å². The van der Waals surface area contributed by atoms with Gasteiger partial charge in [-0.05, 0) is 50.7 Å². The van der Waals surface area contributed by atoms with Crippen molar-refractivity contribution in [2.45, 2.75) is 45.6 Å². The van der Waals surface area contributed by atoms with Crippen molar-refractivity contribution in [1.82, 2.24) is 5.32 Å². The Hall–Kier alpha value is -2.04. The summed E-state index contributed by atoms with van der Waals surface area (Å²) in [7, 11) is 0. The zero-order valence-electron chi connectivity index (χ0n) is 13.1. The van der Waals surface area contributed by atoms with Gasteiger partial charge in [-0.1, -0.05) is 18.6 Å². The van der Waals surface area contributed by atoms with Gasteiger partial charge in [0.1, 0.15) is 11.3 Å². The Morgan fingerprint density at radius 1 is 1.27 bits per heavy atom. The highest BCUT2D eigenvalue weighted by molar-refractivity contribution is 5.94. The van der Waals surface area contributed by atoms with Gasteiger partial charge in [0.05, 0.1) is 0 Å². The first-order valence-electron chi connectivity index (χ1n) is 7.72. The predicted molar refractivity (Wildman–Crippen MR) is 82.7 cm³/mol. The van der Waals surface area contributed by atoms with E-state index in [4.69, 9.17) is 4.74 Å². The molecule has 120 valence electrons. The van der Waals surface area contributed by atoms with Crippen LogP contribution in [0, 0.1) is 12.8 Å². The van der Waals surface area contributed by atoms with Gasteiger partial charge in [0.25, 0.3) is 5.91 Å². The fourth-order valence-electron chi connectivity index (χ4n) is 2.70. The number of phenols is 1. The van der Waals surface area contributed by atoms with Crippen LogP contribution in [0.2, 0.25) is 0 Å². The lowest BCUT2D eigenvalue weighted by atomic mass is 9.87. The Labute approximate surface area is 130 Å². The lowest BCUT2D eigenvalue weighted by molar-refractivity contribution is -0.125. The van der Waals surface area contributed by atoms with Gasteiger partial charge in [0.2, 0.25) is 0 Å². The van der Waals surface area contributed by atoms with Crippen LogP contribution < -0.4 is 5.32 Å². The summed E-state index contributed by atoms with van der Waals surface area (Å²) in [6.45, 7) is 3.71. The summed E-state index contributed by atoms with van der Waals surface area (Å²) >= 11 is 0. The molecule has 5 nitrogen and oxygen atoms in total. The molecule has 1 aromatic rings. The van der Waals surface area contributed by atoms with Crippen LogP contribution in [0.3, 0.4) is 0 Å². The summed E-state index contributed by atoms with van der Waals surface area (Å²) in [5, 5.41) is 12.5. The van der Waals surface area contributed by atoms with Gasteiger partial charge in [0.15, 0.2) is 6.61 Å². The van der Waals surface area contributed by atoms with Gasteiger partial charge < -0.3 is 15.2 Å². The van der Waals surface area contributed by atoms with Crippen LogP contribution in [0.1, 0.15) is 48.5 Å². The number of ether oxygens (including phenoxy) is 1. The number of nitrogens with one attached hydrogen (secondary N) is 1. The molecule has 2 rings (SSSR count). The topological polar surface area (TPSA) is 75.6 Å². The molecule has 1 saturated carbocycles. The molecule has 1 amide bonds. The quantitative estimate of drug-likeness (QED) is 0.838. The van der Waals surface area contributed by atoms with E-state index in [1.807, 2.05) is 6.92 Å². The molecule has 0 spiro atoms. The number of amides is 1. The first kappa shape index (κ1) is 16.3. The molecule has 0 radical (unpaired) electrons. The lowest BCUT2D eigenvalue weighted by Crippen LogP contribution is -2.39. The van der Waals surface area contributed by atoms with E-state index in [1.165, 1.54) is 12.1 Å². The first-order chi connectivity index (χ1) is 10.5. The van der Waals surface area contributed by atoms with Crippen molar-refractivity contribution in [3.8, 4) is 5.75 Å². The zero-order valence-corrected chi connectivity index (χ0v) is 13.1. The molecule has 0 bridgehead atoms. The second-order valence-corrected chi connectivity index (χ2v) is 6.12. The van der Waals surface area contributed by atoms with Gasteiger partial charge in [-0.25, -0.2) is 4.79 Å². The molecule has 1 fully saturated rings. The molecular weight excluding hydrogens is 282 g/mol. The van der Waals surface area contributed by atoms with E-state index < -0.39 is 5.97 Å². The molecule has 2 N–H and O–H groups in total. The van der Waals surface area contributed by atoms with Crippen LogP contribution in [-0.2, 0) is 9.53 Å². The molecule has 0 aliphatic heterocycles. The Bertz CT molecular complexity index is 548. The fraction of sp³-hybridized carbons (Fsp3) is 0.529. The molecule has 0 unspecified atom stereocenters. The third-order valence-electron chi connectivity index (χ3n) is 4.09. The molecular formula is C17H23NO4. The maximum absolute atomic E-state index is 11.9. The Morgan fingerprint density at radius 2 is 1.95 bits per heavy atom. The molecule has 22 heavy (non-hydrogen) atoms. The van der Waals surface area contributed by atoms with Crippen LogP contribution in [0.4, 0.5) is 0 Å². The standard InChI is InChI=1S/C17H23NO4/c1-11-3-6-13(7-4-11)18-16(20)10-22-17(21)14-9-12(2)5-8-15(14)19/h5,8-9,11,13,19H,3-4,6-7,10H2,1-2H3,(H,18,20). The Kier molecular flexibility index (Phi) is 5.41.